The second-order valence-electron chi connectivity index (χ2n) is 6.52. The summed E-state index contributed by atoms with van der Waals surface area (Å²) < 4.78 is 23.1. The molecule has 0 aliphatic carbocycles. The smallest absolute Gasteiger partial charge is 0.153 e. The zero-order valence-corrected chi connectivity index (χ0v) is 14.4. The lowest BCUT2D eigenvalue weighted by Gasteiger charge is -2.31. The van der Waals surface area contributed by atoms with E-state index in [2.05, 4.69) is 31.0 Å². The number of sulfone groups is 1. The van der Waals surface area contributed by atoms with Crippen molar-refractivity contribution in [1.29, 1.82) is 0 Å². The molecule has 0 spiro atoms. The van der Waals surface area contributed by atoms with Gasteiger partial charge in [-0.2, -0.15) is 0 Å². The Bertz CT molecular complexity index is 595. The van der Waals surface area contributed by atoms with Crippen LogP contribution in [-0.4, -0.2) is 38.6 Å². The van der Waals surface area contributed by atoms with Crippen LogP contribution in [0.25, 0.3) is 0 Å². The molecule has 1 aromatic rings. The van der Waals surface area contributed by atoms with Crippen molar-refractivity contribution >= 4 is 27.1 Å². The molecule has 1 aliphatic heterocycles. The number of hydrogen-bond donors (Lipinski definition) is 1. The lowest BCUT2D eigenvalue weighted by atomic mass is 10.1. The van der Waals surface area contributed by atoms with Gasteiger partial charge in [-0.05, 0) is 38.5 Å². The number of anilines is 1. The predicted molar refractivity (Wildman–Crippen MR) is 88.9 cm³/mol. The zero-order chi connectivity index (χ0) is 15.7. The Labute approximate surface area is 132 Å². The molecule has 1 heterocycles. The highest BCUT2D eigenvalue weighted by Gasteiger charge is 2.23. The summed E-state index contributed by atoms with van der Waals surface area (Å²) in [7, 11) is -2.87. The number of hydrogen-bond acceptors (Lipinski definition) is 4. The van der Waals surface area contributed by atoms with E-state index in [-0.39, 0.29) is 17.0 Å². The van der Waals surface area contributed by atoms with E-state index in [4.69, 9.17) is 11.6 Å². The summed E-state index contributed by atoms with van der Waals surface area (Å²) >= 11 is 6.12. The minimum atomic E-state index is -2.87. The minimum absolute atomic E-state index is 0.0299. The second kappa shape index (κ2) is 6.15. The maximum atomic E-state index is 11.6. The fourth-order valence-corrected chi connectivity index (χ4v) is 3.66. The summed E-state index contributed by atoms with van der Waals surface area (Å²) in [4.78, 5) is 2.12. The van der Waals surface area contributed by atoms with Gasteiger partial charge in [-0.1, -0.05) is 17.7 Å². The first-order chi connectivity index (χ1) is 9.66. The molecule has 6 heteroatoms. The normalized spacial score (nSPS) is 18.8. The van der Waals surface area contributed by atoms with E-state index < -0.39 is 9.84 Å². The van der Waals surface area contributed by atoms with Gasteiger partial charge in [0.1, 0.15) is 0 Å². The molecule has 1 aliphatic rings. The van der Waals surface area contributed by atoms with Crippen molar-refractivity contribution in [2.45, 2.75) is 32.9 Å². The first-order valence-electron chi connectivity index (χ1n) is 7.15. The first kappa shape index (κ1) is 16.6. The Morgan fingerprint density at radius 1 is 1.24 bits per heavy atom. The van der Waals surface area contributed by atoms with E-state index in [0.717, 1.165) is 17.8 Å². The summed E-state index contributed by atoms with van der Waals surface area (Å²) in [5, 5.41) is 4.14. The van der Waals surface area contributed by atoms with Gasteiger partial charge >= 0.3 is 0 Å². The maximum Gasteiger partial charge on any atom is 0.153 e. The van der Waals surface area contributed by atoms with Gasteiger partial charge in [0.2, 0.25) is 0 Å². The van der Waals surface area contributed by atoms with Crippen molar-refractivity contribution in [1.82, 2.24) is 5.32 Å². The number of halogens is 1. The van der Waals surface area contributed by atoms with Gasteiger partial charge in [0.05, 0.1) is 11.5 Å². The van der Waals surface area contributed by atoms with Crippen LogP contribution in [0.3, 0.4) is 0 Å². The topological polar surface area (TPSA) is 49.4 Å². The van der Waals surface area contributed by atoms with Gasteiger partial charge in [-0.15, -0.1) is 0 Å². The Hall–Kier alpha value is -0.780. The van der Waals surface area contributed by atoms with Crippen molar-refractivity contribution in [2.24, 2.45) is 0 Å². The average molecular weight is 331 g/mol. The van der Waals surface area contributed by atoms with Gasteiger partial charge in [-0.3, -0.25) is 0 Å². The maximum absolute atomic E-state index is 11.6. The molecule has 0 saturated carbocycles. The SMILES string of the molecule is CC(C)(C)NCc1ccc(Cl)cc1N1CCS(=O)(=O)CC1. The molecule has 1 fully saturated rings. The quantitative estimate of drug-likeness (QED) is 0.925. The first-order valence-corrected chi connectivity index (χ1v) is 9.35. The molecular weight excluding hydrogens is 308 g/mol. The summed E-state index contributed by atoms with van der Waals surface area (Å²) in [5.41, 5.74) is 2.21. The number of benzene rings is 1. The van der Waals surface area contributed by atoms with Gasteiger partial charge < -0.3 is 10.2 Å². The lowest BCUT2D eigenvalue weighted by Crippen LogP contribution is -2.41. The summed E-state index contributed by atoms with van der Waals surface area (Å²) in [6.45, 7) is 8.16. The summed E-state index contributed by atoms with van der Waals surface area (Å²) in [5.74, 6) is 0.428. The van der Waals surface area contributed by atoms with Crippen LogP contribution >= 0.6 is 11.6 Å². The average Bonchev–Trinajstić information content (AvgIpc) is 2.36. The second-order valence-corrected chi connectivity index (χ2v) is 9.26. The molecule has 4 nitrogen and oxygen atoms in total. The molecule has 2 rings (SSSR count). The van der Waals surface area contributed by atoms with Gasteiger partial charge in [0, 0.05) is 35.9 Å². The molecular formula is C15H23ClN2O2S. The van der Waals surface area contributed by atoms with E-state index >= 15 is 0 Å². The zero-order valence-electron chi connectivity index (χ0n) is 12.8. The third-order valence-corrected chi connectivity index (χ3v) is 5.39. The van der Waals surface area contributed by atoms with Crippen LogP contribution in [-0.2, 0) is 16.4 Å². The Morgan fingerprint density at radius 2 is 1.86 bits per heavy atom. The minimum Gasteiger partial charge on any atom is -0.369 e. The van der Waals surface area contributed by atoms with E-state index in [1.165, 1.54) is 0 Å². The van der Waals surface area contributed by atoms with Crippen LogP contribution < -0.4 is 10.2 Å². The largest absolute Gasteiger partial charge is 0.369 e. The Morgan fingerprint density at radius 3 is 2.43 bits per heavy atom. The highest BCUT2D eigenvalue weighted by atomic mass is 35.5. The molecule has 0 amide bonds. The van der Waals surface area contributed by atoms with Crippen LogP contribution in [0.15, 0.2) is 18.2 Å². The molecule has 1 saturated heterocycles. The fourth-order valence-electron chi connectivity index (χ4n) is 2.29. The van der Waals surface area contributed by atoms with Crippen molar-refractivity contribution in [3.05, 3.63) is 28.8 Å². The third-order valence-electron chi connectivity index (χ3n) is 3.54. The van der Waals surface area contributed by atoms with E-state index in [1.54, 1.807) is 0 Å². The molecule has 0 bridgehead atoms. The highest BCUT2D eigenvalue weighted by Crippen LogP contribution is 2.27. The van der Waals surface area contributed by atoms with E-state index in [1.807, 2.05) is 18.2 Å². The molecule has 1 aromatic carbocycles. The summed E-state index contributed by atoms with van der Waals surface area (Å²) in [6, 6.07) is 5.82. The monoisotopic (exact) mass is 330 g/mol. The molecule has 0 radical (unpaired) electrons. The predicted octanol–water partition coefficient (Wildman–Crippen LogP) is 2.46. The molecule has 118 valence electrons. The van der Waals surface area contributed by atoms with Gasteiger partial charge in [-0.25, -0.2) is 8.42 Å². The van der Waals surface area contributed by atoms with E-state index in [9.17, 15) is 8.42 Å². The van der Waals surface area contributed by atoms with Gasteiger partial charge in [0.25, 0.3) is 0 Å². The Kier molecular flexibility index (Phi) is 4.85. The van der Waals surface area contributed by atoms with Crippen LogP contribution in [0, 0.1) is 0 Å². The molecule has 0 unspecified atom stereocenters. The third kappa shape index (κ3) is 4.87. The fraction of sp³-hybridized carbons (Fsp3) is 0.600. The number of rotatable bonds is 3. The van der Waals surface area contributed by atoms with Crippen LogP contribution in [0.4, 0.5) is 5.69 Å². The molecule has 0 aromatic heterocycles. The van der Waals surface area contributed by atoms with Crippen molar-refractivity contribution in [3.63, 3.8) is 0 Å². The van der Waals surface area contributed by atoms with Crippen molar-refractivity contribution in [3.8, 4) is 0 Å². The van der Waals surface area contributed by atoms with Gasteiger partial charge in [0.15, 0.2) is 9.84 Å². The number of nitrogens with one attached hydrogen (secondary N) is 1. The van der Waals surface area contributed by atoms with Crippen molar-refractivity contribution in [2.75, 3.05) is 29.5 Å². The van der Waals surface area contributed by atoms with E-state index in [0.29, 0.717) is 18.1 Å². The van der Waals surface area contributed by atoms with Crippen LogP contribution in [0.5, 0.6) is 0 Å². The standard InChI is InChI=1S/C15H23ClN2O2S/c1-15(2,3)17-11-12-4-5-13(16)10-14(12)18-6-8-21(19,20)9-7-18/h4-5,10,17H,6-9,11H2,1-3H3. The Balaban J connectivity index is 2.19. The highest BCUT2D eigenvalue weighted by molar-refractivity contribution is 7.91. The molecule has 0 atom stereocenters. The lowest BCUT2D eigenvalue weighted by molar-refractivity contribution is 0.424. The molecule has 21 heavy (non-hydrogen) atoms. The van der Waals surface area contributed by atoms with Crippen LogP contribution in [0.1, 0.15) is 26.3 Å². The summed E-state index contributed by atoms with van der Waals surface area (Å²) in [6.07, 6.45) is 0. The molecule has 1 N–H and O–H groups in total. The van der Waals surface area contributed by atoms with Crippen LogP contribution in [0.2, 0.25) is 5.02 Å². The number of nitrogens with zero attached hydrogens (tertiary/aromatic N) is 1. The van der Waals surface area contributed by atoms with Crippen molar-refractivity contribution < 1.29 is 8.42 Å².